The molecular formula is C19H26N4O2. The molecule has 2 heterocycles. The number of rotatable bonds is 7. The number of nitrogens with one attached hydrogen (secondary N) is 2. The van der Waals surface area contributed by atoms with Crippen LogP contribution in [-0.4, -0.2) is 42.4 Å². The molecule has 0 spiro atoms. The molecule has 1 saturated heterocycles. The quantitative estimate of drug-likeness (QED) is 0.804. The predicted octanol–water partition coefficient (Wildman–Crippen LogP) is 1.72. The van der Waals surface area contributed by atoms with Gasteiger partial charge >= 0.3 is 0 Å². The van der Waals surface area contributed by atoms with Crippen LogP contribution in [0.4, 0.5) is 0 Å². The zero-order valence-corrected chi connectivity index (χ0v) is 14.7. The molecule has 6 nitrogen and oxygen atoms in total. The first kappa shape index (κ1) is 17.5. The van der Waals surface area contributed by atoms with Crippen LogP contribution in [0.3, 0.4) is 0 Å². The van der Waals surface area contributed by atoms with E-state index in [1.807, 2.05) is 36.5 Å². The standard InChI is InChI=1S/C19H26N4O2/c1-25-17-6-4-15(5-7-17)8-11-21-19(24)14-23-12-9-18(22-23)16-3-2-10-20-13-16/h4-7,9,12,16,20H,2-3,8,10-11,13-14H2,1H3,(H,21,24). The third kappa shape index (κ3) is 5.06. The third-order valence-electron chi connectivity index (χ3n) is 4.58. The average Bonchev–Trinajstić information content (AvgIpc) is 3.11. The van der Waals surface area contributed by atoms with Crippen molar-refractivity contribution in [1.29, 1.82) is 0 Å². The van der Waals surface area contributed by atoms with Gasteiger partial charge in [0.15, 0.2) is 0 Å². The molecule has 0 bridgehead atoms. The maximum Gasteiger partial charge on any atom is 0.241 e. The van der Waals surface area contributed by atoms with Crippen LogP contribution in [-0.2, 0) is 17.8 Å². The number of nitrogens with zero attached hydrogens (tertiary/aromatic N) is 2. The SMILES string of the molecule is COc1ccc(CCNC(=O)Cn2ccc(C3CCCNC3)n2)cc1. The lowest BCUT2D eigenvalue weighted by molar-refractivity contribution is -0.121. The molecule has 0 radical (unpaired) electrons. The van der Waals surface area contributed by atoms with Gasteiger partial charge < -0.3 is 15.4 Å². The van der Waals surface area contributed by atoms with Crippen molar-refractivity contribution in [2.75, 3.05) is 26.7 Å². The van der Waals surface area contributed by atoms with Crippen LogP contribution in [0.25, 0.3) is 0 Å². The van der Waals surface area contributed by atoms with E-state index >= 15 is 0 Å². The van der Waals surface area contributed by atoms with Crippen LogP contribution >= 0.6 is 0 Å². The maximum atomic E-state index is 12.1. The first-order valence-corrected chi connectivity index (χ1v) is 8.88. The number of hydrogen-bond donors (Lipinski definition) is 2. The summed E-state index contributed by atoms with van der Waals surface area (Å²) >= 11 is 0. The highest BCUT2D eigenvalue weighted by molar-refractivity contribution is 5.75. The van der Waals surface area contributed by atoms with Gasteiger partial charge in [0, 0.05) is 25.2 Å². The van der Waals surface area contributed by atoms with E-state index < -0.39 is 0 Å². The van der Waals surface area contributed by atoms with Crippen molar-refractivity contribution in [1.82, 2.24) is 20.4 Å². The monoisotopic (exact) mass is 342 g/mol. The summed E-state index contributed by atoms with van der Waals surface area (Å²) in [4.78, 5) is 12.1. The Morgan fingerprint density at radius 2 is 2.20 bits per heavy atom. The summed E-state index contributed by atoms with van der Waals surface area (Å²) in [6.07, 6.45) is 5.04. The number of hydrogen-bond acceptors (Lipinski definition) is 4. The molecule has 1 atom stereocenters. The average molecular weight is 342 g/mol. The molecule has 1 unspecified atom stereocenters. The first-order chi connectivity index (χ1) is 12.2. The fraction of sp³-hybridized carbons (Fsp3) is 0.474. The molecule has 3 rings (SSSR count). The number of piperidine rings is 1. The second kappa shape index (κ2) is 8.67. The lowest BCUT2D eigenvalue weighted by atomic mass is 9.97. The molecule has 6 heteroatoms. The van der Waals surface area contributed by atoms with E-state index in [0.29, 0.717) is 12.5 Å². The van der Waals surface area contributed by atoms with Crippen molar-refractivity contribution < 1.29 is 9.53 Å². The minimum absolute atomic E-state index is 0.00932. The van der Waals surface area contributed by atoms with Crippen molar-refractivity contribution in [3.05, 3.63) is 47.8 Å². The second-order valence-electron chi connectivity index (χ2n) is 6.43. The number of carbonyl (C=O) groups excluding carboxylic acids is 1. The summed E-state index contributed by atoms with van der Waals surface area (Å²) in [5.41, 5.74) is 2.26. The molecule has 134 valence electrons. The van der Waals surface area contributed by atoms with Crippen LogP contribution in [0.5, 0.6) is 5.75 Å². The van der Waals surface area contributed by atoms with E-state index in [0.717, 1.165) is 37.4 Å². The Labute approximate surface area is 148 Å². The summed E-state index contributed by atoms with van der Waals surface area (Å²) in [5, 5.41) is 10.9. The van der Waals surface area contributed by atoms with E-state index in [2.05, 4.69) is 15.7 Å². The van der Waals surface area contributed by atoms with Crippen molar-refractivity contribution in [2.24, 2.45) is 0 Å². The van der Waals surface area contributed by atoms with Crippen molar-refractivity contribution in [3.63, 3.8) is 0 Å². The molecule has 1 aromatic heterocycles. The maximum absolute atomic E-state index is 12.1. The molecule has 25 heavy (non-hydrogen) atoms. The first-order valence-electron chi connectivity index (χ1n) is 8.88. The summed E-state index contributed by atoms with van der Waals surface area (Å²) in [6, 6.07) is 9.93. The summed E-state index contributed by atoms with van der Waals surface area (Å²) in [6.45, 7) is 2.95. The van der Waals surface area contributed by atoms with Gasteiger partial charge in [-0.25, -0.2) is 0 Å². The van der Waals surface area contributed by atoms with Gasteiger partial charge in [-0.3, -0.25) is 9.48 Å². The molecule has 2 N–H and O–H groups in total. The van der Waals surface area contributed by atoms with Gasteiger partial charge in [-0.05, 0) is 49.6 Å². The molecule has 1 fully saturated rings. The number of benzene rings is 1. The Morgan fingerprint density at radius 3 is 2.92 bits per heavy atom. The smallest absolute Gasteiger partial charge is 0.241 e. The number of methoxy groups -OCH3 is 1. The Bertz CT molecular complexity index is 675. The van der Waals surface area contributed by atoms with Gasteiger partial charge in [0.25, 0.3) is 0 Å². The van der Waals surface area contributed by atoms with Crippen LogP contribution in [0.2, 0.25) is 0 Å². The Morgan fingerprint density at radius 1 is 1.36 bits per heavy atom. The lowest BCUT2D eigenvalue weighted by Gasteiger charge is -2.20. The van der Waals surface area contributed by atoms with Crippen LogP contribution in [0.15, 0.2) is 36.5 Å². The zero-order chi connectivity index (χ0) is 17.5. The van der Waals surface area contributed by atoms with Gasteiger partial charge in [-0.15, -0.1) is 0 Å². The molecule has 0 saturated carbocycles. The Balaban J connectivity index is 1.42. The molecular weight excluding hydrogens is 316 g/mol. The second-order valence-corrected chi connectivity index (χ2v) is 6.43. The zero-order valence-electron chi connectivity index (χ0n) is 14.7. The highest BCUT2D eigenvalue weighted by Crippen LogP contribution is 2.21. The number of aromatic nitrogens is 2. The summed E-state index contributed by atoms with van der Waals surface area (Å²) in [5.74, 6) is 1.30. The van der Waals surface area contributed by atoms with Gasteiger partial charge in [0.1, 0.15) is 12.3 Å². The number of amides is 1. The normalized spacial score (nSPS) is 17.2. The fourth-order valence-corrected chi connectivity index (χ4v) is 3.13. The van der Waals surface area contributed by atoms with E-state index in [4.69, 9.17) is 4.74 Å². The molecule has 1 aliphatic rings. The molecule has 0 aliphatic carbocycles. The van der Waals surface area contributed by atoms with Gasteiger partial charge in [0.05, 0.1) is 12.8 Å². The molecule has 1 amide bonds. The van der Waals surface area contributed by atoms with E-state index in [-0.39, 0.29) is 12.5 Å². The van der Waals surface area contributed by atoms with Crippen LogP contribution in [0, 0.1) is 0 Å². The van der Waals surface area contributed by atoms with Gasteiger partial charge in [0.2, 0.25) is 5.91 Å². The highest BCUT2D eigenvalue weighted by Gasteiger charge is 2.17. The van der Waals surface area contributed by atoms with Crippen molar-refractivity contribution in [3.8, 4) is 5.75 Å². The summed E-state index contributed by atoms with van der Waals surface area (Å²) in [7, 11) is 1.65. The minimum atomic E-state index is -0.00932. The van der Waals surface area contributed by atoms with Crippen molar-refractivity contribution >= 4 is 5.91 Å². The Hall–Kier alpha value is -2.34. The van der Waals surface area contributed by atoms with Crippen molar-refractivity contribution in [2.45, 2.75) is 31.7 Å². The topological polar surface area (TPSA) is 68.2 Å². The van der Waals surface area contributed by atoms with E-state index in [1.165, 1.54) is 12.0 Å². The third-order valence-corrected chi connectivity index (χ3v) is 4.58. The fourth-order valence-electron chi connectivity index (χ4n) is 3.13. The molecule has 1 aliphatic heterocycles. The predicted molar refractivity (Wildman–Crippen MR) is 96.8 cm³/mol. The summed E-state index contributed by atoms with van der Waals surface area (Å²) < 4.78 is 6.87. The Kier molecular flexibility index (Phi) is 6.06. The number of ether oxygens (including phenoxy) is 1. The van der Waals surface area contributed by atoms with E-state index in [1.54, 1.807) is 11.8 Å². The molecule has 1 aromatic carbocycles. The number of carbonyl (C=O) groups is 1. The lowest BCUT2D eigenvalue weighted by Crippen LogP contribution is -2.30. The largest absolute Gasteiger partial charge is 0.497 e. The minimum Gasteiger partial charge on any atom is -0.497 e. The van der Waals surface area contributed by atoms with E-state index in [9.17, 15) is 4.79 Å². The van der Waals surface area contributed by atoms with Crippen LogP contribution < -0.4 is 15.4 Å². The van der Waals surface area contributed by atoms with Gasteiger partial charge in [-0.1, -0.05) is 12.1 Å². The van der Waals surface area contributed by atoms with Gasteiger partial charge in [-0.2, -0.15) is 5.10 Å². The van der Waals surface area contributed by atoms with Crippen LogP contribution in [0.1, 0.15) is 30.0 Å². The highest BCUT2D eigenvalue weighted by atomic mass is 16.5. The molecule has 2 aromatic rings.